The Hall–Kier alpha value is -1.51. The molecule has 0 aromatic heterocycles. The highest BCUT2D eigenvalue weighted by molar-refractivity contribution is 6.17. The zero-order valence-electron chi connectivity index (χ0n) is 18.2. The lowest BCUT2D eigenvalue weighted by molar-refractivity contribution is 0.536. The van der Waals surface area contributed by atoms with Crippen LogP contribution in [0.5, 0.6) is 0 Å². The number of benzene rings is 1. The minimum absolute atomic E-state index is 0.943. The number of aliphatic imine (C=N–C) groups is 1. The smallest absolute Gasteiger partial charge is 0.205 e. The first-order valence-corrected chi connectivity index (χ1v) is 12.1. The molecular formula is C25H41N3. The minimum atomic E-state index is 0.943. The van der Waals surface area contributed by atoms with Gasteiger partial charge in [0, 0.05) is 13.1 Å². The van der Waals surface area contributed by atoms with Crippen molar-refractivity contribution in [1.29, 1.82) is 0 Å². The number of rotatable bonds is 15. The fourth-order valence-corrected chi connectivity index (χ4v) is 4.61. The number of guanidine groups is 1. The van der Waals surface area contributed by atoms with Gasteiger partial charge in [-0.2, -0.15) is 0 Å². The van der Waals surface area contributed by atoms with E-state index in [2.05, 4.69) is 41.0 Å². The van der Waals surface area contributed by atoms with Crippen molar-refractivity contribution in [3.63, 3.8) is 0 Å². The summed E-state index contributed by atoms with van der Waals surface area (Å²) in [6.45, 7) is 5.40. The van der Waals surface area contributed by atoms with Crippen molar-refractivity contribution in [2.24, 2.45) is 4.99 Å². The van der Waals surface area contributed by atoms with Gasteiger partial charge < -0.3 is 9.80 Å². The Kier molecular flexibility index (Phi) is 9.19. The average Bonchev–Trinajstić information content (AvgIpc) is 3.30. The third kappa shape index (κ3) is 5.99. The first-order valence-electron chi connectivity index (χ1n) is 12.1. The van der Waals surface area contributed by atoms with Crippen LogP contribution < -0.4 is 9.80 Å². The molecule has 2 aliphatic heterocycles. The number of fused-ring (bicyclic) bond motifs is 3. The Bertz CT molecular complexity index is 595. The second kappa shape index (κ2) is 12.1. The summed E-state index contributed by atoms with van der Waals surface area (Å²) < 4.78 is 0. The van der Waals surface area contributed by atoms with Crippen LogP contribution in [-0.4, -0.2) is 25.6 Å². The largest absolute Gasteiger partial charge is 0.310 e. The SMILES string of the molecule is CCCCCCCCCCCCCCCCN1C2=NCCN2c2ccccc21. The lowest BCUT2D eigenvalue weighted by Gasteiger charge is -2.19. The van der Waals surface area contributed by atoms with E-state index in [0.717, 1.165) is 19.6 Å². The molecule has 0 fully saturated rings. The molecule has 0 amide bonds. The highest BCUT2D eigenvalue weighted by Crippen LogP contribution is 2.38. The zero-order chi connectivity index (χ0) is 19.4. The third-order valence-electron chi connectivity index (χ3n) is 6.26. The van der Waals surface area contributed by atoms with Crippen molar-refractivity contribution in [3.05, 3.63) is 24.3 Å². The van der Waals surface area contributed by atoms with Gasteiger partial charge in [0.05, 0.1) is 17.9 Å². The fraction of sp³-hybridized carbons (Fsp3) is 0.720. The Morgan fingerprint density at radius 1 is 0.714 bits per heavy atom. The molecule has 0 saturated carbocycles. The van der Waals surface area contributed by atoms with Crippen LogP contribution in [0.25, 0.3) is 0 Å². The van der Waals surface area contributed by atoms with Crippen molar-refractivity contribution in [2.45, 2.75) is 96.8 Å². The number of hydrogen-bond donors (Lipinski definition) is 0. The van der Waals surface area contributed by atoms with Gasteiger partial charge in [-0.05, 0) is 18.6 Å². The Labute approximate surface area is 173 Å². The van der Waals surface area contributed by atoms with Gasteiger partial charge in [-0.3, -0.25) is 4.99 Å². The molecule has 3 heteroatoms. The molecule has 2 aliphatic rings. The maximum absolute atomic E-state index is 4.75. The predicted molar refractivity (Wildman–Crippen MR) is 124 cm³/mol. The van der Waals surface area contributed by atoms with Crippen LogP contribution in [0, 0.1) is 0 Å². The van der Waals surface area contributed by atoms with E-state index in [9.17, 15) is 0 Å². The summed E-state index contributed by atoms with van der Waals surface area (Å²) in [4.78, 5) is 9.58. The fourth-order valence-electron chi connectivity index (χ4n) is 4.61. The van der Waals surface area contributed by atoms with E-state index in [4.69, 9.17) is 4.99 Å². The molecule has 0 aliphatic carbocycles. The van der Waals surface area contributed by atoms with Gasteiger partial charge in [0.2, 0.25) is 5.96 Å². The Morgan fingerprint density at radius 3 is 1.86 bits per heavy atom. The van der Waals surface area contributed by atoms with Gasteiger partial charge in [-0.1, -0.05) is 103 Å². The van der Waals surface area contributed by atoms with Crippen molar-refractivity contribution in [2.75, 3.05) is 29.4 Å². The van der Waals surface area contributed by atoms with Crippen LogP contribution >= 0.6 is 0 Å². The van der Waals surface area contributed by atoms with E-state index in [1.165, 1.54) is 107 Å². The van der Waals surface area contributed by atoms with Crippen LogP contribution in [0.15, 0.2) is 29.3 Å². The molecule has 0 atom stereocenters. The molecule has 0 unspecified atom stereocenters. The molecule has 28 heavy (non-hydrogen) atoms. The lowest BCUT2D eigenvalue weighted by Crippen LogP contribution is -2.36. The first kappa shape index (κ1) is 21.2. The van der Waals surface area contributed by atoms with E-state index < -0.39 is 0 Å². The number of unbranched alkanes of at least 4 members (excludes halogenated alkanes) is 13. The summed E-state index contributed by atoms with van der Waals surface area (Å²) in [7, 11) is 0. The summed E-state index contributed by atoms with van der Waals surface area (Å²) in [5, 5.41) is 0. The molecule has 1 aromatic carbocycles. The zero-order valence-corrected chi connectivity index (χ0v) is 18.2. The molecular weight excluding hydrogens is 342 g/mol. The summed E-state index contributed by atoms with van der Waals surface area (Å²) in [5.74, 6) is 1.19. The average molecular weight is 384 g/mol. The first-order chi connectivity index (χ1) is 13.9. The van der Waals surface area contributed by atoms with Crippen LogP contribution in [-0.2, 0) is 0 Å². The third-order valence-corrected chi connectivity index (χ3v) is 6.26. The Balaban J connectivity index is 1.19. The second-order valence-corrected chi connectivity index (χ2v) is 8.57. The molecule has 0 spiro atoms. The van der Waals surface area contributed by atoms with Crippen molar-refractivity contribution >= 4 is 17.3 Å². The lowest BCUT2D eigenvalue weighted by atomic mass is 10.0. The van der Waals surface area contributed by atoms with E-state index in [0.29, 0.717) is 0 Å². The normalized spacial score (nSPS) is 15.1. The summed E-state index contributed by atoms with van der Waals surface area (Å²) in [6.07, 6.45) is 19.8. The van der Waals surface area contributed by atoms with Gasteiger partial charge in [0.1, 0.15) is 0 Å². The van der Waals surface area contributed by atoms with Crippen LogP contribution in [0.4, 0.5) is 11.4 Å². The number of hydrogen-bond acceptors (Lipinski definition) is 3. The molecule has 0 saturated heterocycles. The predicted octanol–water partition coefficient (Wildman–Crippen LogP) is 7.16. The van der Waals surface area contributed by atoms with Crippen LogP contribution in [0.1, 0.15) is 96.8 Å². The van der Waals surface area contributed by atoms with E-state index in [1.54, 1.807) is 0 Å². The van der Waals surface area contributed by atoms with E-state index >= 15 is 0 Å². The van der Waals surface area contributed by atoms with Crippen LogP contribution in [0.2, 0.25) is 0 Å². The van der Waals surface area contributed by atoms with Gasteiger partial charge >= 0.3 is 0 Å². The summed E-state index contributed by atoms with van der Waals surface area (Å²) in [5.41, 5.74) is 2.71. The molecule has 156 valence electrons. The summed E-state index contributed by atoms with van der Waals surface area (Å²) in [6, 6.07) is 8.78. The van der Waals surface area contributed by atoms with E-state index in [-0.39, 0.29) is 0 Å². The van der Waals surface area contributed by atoms with Crippen molar-refractivity contribution < 1.29 is 0 Å². The van der Waals surface area contributed by atoms with Crippen molar-refractivity contribution in [1.82, 2.24) is 0 Å². The highest BCUT2D eigenvalue weighted by atomic mass is 15.5. The maximum atomic E-state index is 4.75. The molecule has 0 radical (unpaired) electrons. The van der Waals surface area contributed by atoms with Gasteiger partial charge in [-0.15, -0.1) is 0 Å². The standard InChI is InChI=1S/C25H41N3/c1-2-3-4-5-6-7-8-9-10-11-12-13-14-17-21-27-23-18-15-16-19-24(23)28-22-20-26-25(27)28/h15-16,18-19H,2-14,17,20-22H2,1H3. The molecule has 0 bridgehead atoms. The molecule has 3 nitrogen and oxygen atoms in total. The molecule has 2 heterocycles. The molecule has 0 N–H and O–H groups in total. The highest BCUT2D eigenvalue weighted by Gasteiger charge is 2.34. The maximum Gasteiger partial charge on any atom is 0.205 e. The van der Waals surface area contributed by atoms with Gasteiger partial charge in [0.15, 0.2) is 0 Å². The van der Waals surface area contributed by atoms with E-state index in [1.807, 2.05) is 0 Å². The Morgan fingerprint density at radius 2 is 1.25 bits per heavy atom. The molecule has 3 rings (SSSR count). The monoisotopic (exact) mass is 383 g/mol. The number of para-hydroxylation sites is 2. The van der Waals surface area contributed by atoms with Gasteiger partial charge in [-0.25, -0.2) is 0 Å². The number of nitrogens with zero attached hydrogens (tertiary/aromatic N) is 3. The quantitative estimate of drug-likeness (QED) is 0.299. The minimum Gasteiger partial charge on any atom is -0.310 e. The molecule has 1 aromatic rings. The topological polar surface area (TPSA) is 18.8 Å². The number of anilines is 2. The summed E-state index contributed by atoms with van der Waals surface area (Å²) >= 11 is 0. The van der Waals surface area contributed by atoms with Crippen LogP contribution in [0.3, 0.4) is 0 Å². The van der Waals surface area contributed by atoms with Crippen molar-refractivity contribution in [3.8, 4) is 0 Å². The van der Waals surface area contributed by atoms with Gasteiger partial charge in [0.25, 0.3) is 0 Å². The second-order valence-electron chi connectivity index (χ2n) is 8.57.